The van der Waals surface area contributed by atoms with E-state index in [2.05, 4.69) is 47.6 Å². The highest BCUT2D eigenvalue weighted by molar-refractivity contribution is 7.10. The van der Waals surface area contributed by atoms with E-state index in [9.17, 15) is 0 Å². The minimum Gasteiger partial charge on any atom is -0.248 e. The molecule has 78 valence electrons. The third kappa shape index (κ3) is 1.61. The molecular weight excluding hydrogens is 214 g/mol. The Bertz CT molecular complexity index is 640. The van der Waals surface area contributed by atoms with Crippen LogP contribution in [0.15, 0.2) is 47.8 Å². The van der Waals surface area contributed by atoms with E-state index in [1.807, 2.05) is 12.1 Å². The van der Waals surface area contributed by atoms with E-state index >= 15 is 0 Å². The number of benzene rings is 1. The van der Waals surface area contributed by atoms with Crippen LogP contribution in [0.25, 0.3) is 22.2 Å². The number of rotatable bonds is 1. The average Bonchev–Trinajstić information content (AvgIpc) is 2.75. The van der Waals surface area contributed by atoms with Crippen molar-refractivity contribution in [3.05, 3.63) is 52.7 Å². The molecule has 0 amide bonds. The second kappa shape index (κ2) is 3.72. The first kappa shape index (κ1) is 9.55. The Morgan fingerprint density at radius 1 is 1.06 bits per heavy atom. The summed E-state index contributed by atoms with van der Waals surface area (Å²) in [6, 6.07) is 14.6. The lowest BCUT2D eigenvalue weighted by molar-refractivity contribution is 1.41. The van der Waals surface area contributed by atoms with Gasteiger partial charge >= 0.3 is 0 Å². The van der Waals surface area contributed by atoms with Gasteiger partial charge in [-0.2, -0.15) is 0 Å². The number of aromatic nitrogens is 1. The zero-order valence-corrected chi connectivity index (χ0v) is 9.79. The van der Waals surface area contributed by atoms with Gasteiger partial charge < -0.3 is 0 Å². The minimum absolute atomic E-state index is 1.06. The highest BCUT2D eigenvalue weighted by Crippen LogP contribution is 2.25. The van der Waals surface area contributed by atoms with Gasteiger partial charge in [-0.15, -0.1) is 11.3 Å². The van der Waals surface area contributed by atoms with Gasteiger partial charge in [-0.25, -0.2) is 4.98 Å². The quantitative estimate of drug-likeness (QED) is 0.602. The van der Waals surface area contributed by atoms with Crippen molar-refractivity contribution in [2.75, 3.05) is 0 Å². The van der Waals surface area contributed by atoms with E-state index in [1.165, 1.54) is 15.8 Å². The van der Waals surface area contributed by atoms with Crippen LogP contribution in [0.4, 0.5) is 0 Å². The maximum atomic E-state index is 4.67. The van der Waals surface area contributed by atoms with Crippen LogP contribution in [0.3, 0.4) is 0 Å². The molecule has 3 rings (SSSR count). The molecule has 0 aliphatic rings. The molecule has 0 saturated carbocycles. The van der Waals surface area contributed by atoms with Gasteiger partial charge in [0.05, 0.1) is 11.2 Å². The predicted molar refractivity (Wildman–Crippen MR) is 69.8 cm³/mol. The number of fused-ring (bicyclic) bond motifs is 1. The zero-order chi connectivity index (χ0) is 11.0. The molecular formula is C14H11NS. The summed E-state index contributed by atoms with van der Waals surface area (Å²) in [6.45, 7) is 2.12. The molecule has 1 nitrogen and oxygen atoms in total. The van der Waals surface area contributed by atoms with Crippen molar-refractivity contribution >= 4 is 22.2 Å². The summed E-state index contributed by atoms with van der Waals surface area (Å²) < 4.78 is 0. The van der Waals surface area contributed by atoms with Crippen LogP contribution in [0.2, 0.25) is 0 Å². The lowest BCUT2D eigenvalue weighted by Crippen LogP contribution is -1.82. The monoisotopic (exact) mass is 225 g/mol. The van der Waals surface area contributed by atoms with E-state index in [-0.39, 0.29) is 0 Å². The van der Waals surface area contributed by atoms with Crippen molar-refractivity contribution < 1.29 is 0 Å². The Kier molecular flexibility index (Phi) is 2.22. The zero-order valence-electron chi connectivity index (χ0n) is 8.97. The molecule has 0 atom stereocenters. The SMILES string of the molecule is Cc1cc(-c2ccc3ccccc3n2)cs1. The Hall–Kier alpha value is -1.67. The maximum absolute atomic E-state index is 4.67. The molecule has 1 aromatic carbocycles. The fourth-order valence-electron chi connectivity index (χ4n) is 1.80. The summed E-state index contributed by atoms with van der Waals surface area (Å²) in [5.41, 5.74) is 3.33. The first-order chi connectivity index (χ1) is 7.83. The highest BCUT2D eigenvalue weighted by Gasteiger charge is 2.02. The fraction of sp³-hybridized carbons (Fsp3) is 0.0714. The summed E-state index contributed by atoms with van der Waals surface area (Å²) >= 11 is 1.76. The molecule has 0 fully saturated rings. The van der Waals surface area contributed by atoms with Crippen molar-refractivity contribution in [3.8, 4) is 11.3 Å². The lowest BCUT2D eigenvalue weighted by atomic mass is 10.1. The minimum atomic E-state index is 1.06. The third-order valence-corrected chi connectivity index (χ3v) is 3.49. The van der Waals surface area contributed by atoms with Gasteiger partial charge in [0.25, 0.3) is 0 Å². The normalized spacial score (nSPS) is 10.8. The highest BCUT2D eigenvalue weighted by atomic mass is 32.1. The van der Waals surface area contributed by atoms with Gasteiger partial charge in [0, 0.05) is 21.2 Å². The number of hydrogen-bond acceptors (Lipinski definition) is 2. The molecule has 0 radical (unpaired) electrons. The topological polar surface area (TPSA) is 12.9 Å². The molecule has 2 heterocycles. The predicted octanol–water partition coefficient (Wildman–Crippen LogP) is 4.27. The average molecular weight is 225 g/mol. The second-order valence-corrected chi connectivity index (χ2v) is 4.95. The van der Waals surface area contributed by atoms with E-state index < -0.39 is 0 Å². The van der Waals surface area contributed by atoms with Gasteiger partial charge in [0.2, 0.25) is 0 Å². The number of aryl methyl sites for hydroxylation is 1. The first-order valence-corrected chi connectivity index (χ1v) is 6.12. The number of para-hydroxylation sites is 1. The van der Waals surface area contributed by atoms with Gasteiger partial charge in [-0.05, 0) is 25.1 Å². The molecule has 2 aromatic heterocycles. The summed E-state index contributed by atoms with van der Waals surface area (Å²) in [5.74, 6) is 0. The summed E-state index contributed by atoms with van der Waals surface area (Å²) in [4.78, 5) is 5.99. The van der Waals surface area contributed by atoms with E-state index in [4.69, 9.17) is 0 Å². The van der Waals surface area contributed by atoms with Crippen molar-refractivity contribution in [2.45, 2.75) is 6.92 Å². The number of hydrogen-bond donors (Lipinski definition) is 0. The Morgan fingerprint density at radius 2 is 1.94 bits per heavy atom. The number of nitrogens with zero attached hydrogens (tertiary/aromatic N) is 1. The fourth-order valence-corrected chi connectivity index (χ4v) is 2.50. The van der Waals surface area contributed by atoms with Crippen LogP contribution in [-0.4, -0.2) is 4.98 Å². The molecule has 0 unspecified atom stereocenters. The van der Waals surface area contributed by atoms with Crippen molar-refractivity contribution in [1.82, 2.24) is 4.98 Å². The van der Waals surface area contributed by atoms with E-state index in [1.54, 1.807) is 11.3 Å². The van der Waals surface area contributed by atoms with Crippen LogP contribution in [-0.2, 0) is 0 Å². The molecule has 0 aliphatic heterocycles. The second-order valence-electron chi connectivity index (χ2n) is 3.84. The summed E-state index contributed by atoms with van der Waals surface area (Å²) in [5, 5.41) is 3.35. The molecule has 0 bridgehead atoms. The van der Waals surface area contributed by atoms with Gasteiger partial charge in [0.15, 0.2) is 0 Å². The lowest BCUT2D eigenvalue weighted by Gasteiger charge is -2.00. The molecule has 3 aromatic rings. The summed E-state index contributed by atoms with van der Waals surface area (Å²) in [6.07, 6.45) is 0. The van der Waals surface area contributed by atoms with Crippen molar-refractivity contribution in [1.29, 1.82) is 0 Å². The number of thiophene rings is 1. The van der Waals surface area contributed by atoms with Gasteiger partial charge in [0.1, 0.15) is 0 Å². The molecule has 0 saturated heterocycles. The Morgan fingerprint density at radius 3 is 2.75 bits per heavy atom. The van der Waals surface area contributed by atoms with Crippen LogP contribution < -0.4 is 0 Å². The van der Waals surface area contributed by atoms with Crippen molar-refractivity contribution in [3.63, 3.8) is 0 Å². The van der Waals surface area contributed by atoms with Crippen molar-refractivity contribution in [2.24, 2.45) is 0 Å². The van der Waals surface area contributed by atoms with Crippen LogP contribution >= 0.6 is 11.3 Å². The van der Waals surface area contributed by atoms with Gasteiger partial charge in [-0.3, -0.25) is 0 Å². The third-order valence-electron chi connectivity index (χ3n) is 2.62. The summed E-state index contributed by atoms with van der Waals surface area (Å²) in [7, 11) is 0. The van der Waals surface area contributed by atoms with Gasteiger partial charge in [-0.1, -0.05) is 24.3 Å². The van der Waals surface area contributed by atoms with Crippen LogP contribution in [0.1, 0.15) is 4.88 Å². The molecule has 0 N–H and O–H groups in total. The smallest absolute Gasteiger partial charge is 0.0718 e. The Labute approximate surface area is 98.4 Å². The molecule has 0 spiro atoms. The maximum Gasteiger partial charge on any atom is 0.0718 e. The number of pyridine rings is 1. The molecule has 2 heteroatoms. The molecule has 0 aliphatic carbocycles. The largest absolute Gasteiger partial charge is 0.248 e. The molecule has 16 heavy (non-hydrogen) atoms. The standard InChI is InChI=1S/C14H11NS/c1-10-8-12(9-16-10)14-7-6-11-4-2-3-5-13(11)15-14/h2-9H,1H3. The van der Waals surface area contributed by atoms with E-state index in [0.29, 0.717) is 0 Å². The van der Waals surface area contributed by atoms with E-state index in [0.717, 1.165) is 11.2 Å². The first-order valence-electron chi connectivity index (χ1n) is 5.24. The van der Waals surface area contributed by atoms with Crippen LogP contribution in [0, 0.1) is 6.92 Å². The van der Waals surface area contributed by atoms with Crippen LogP contribution in [0.5, 0.6) is 0 Å². The Balaban J connectivity index is 2.18.